The summed E-state index contributed by atoms with van der Waals surface area (Å²) >= 11 is 0. The molecule has 0 atom stereocenters. The molecule has 0 aliphatic carbocycles. The fourth-order valence-corrected chi connectivity index (χ4v) is 5.40. The van der Waals surface area contributed by atoms with E-state index in [0.717, 1.165) is 43.6 Å². The highest BCUT2D eigenvalue weighted by atomic mass is 16.5. The Morgan fingerprint density at radius 1 is 0.857 bits per heavy atom. The minimum absolute atomic E-state index is 0.0461. The molecular weight excluding hydrogens is 528 g/mol. The molecular formula is C34H40N4O4. The van der Waals surface area contributed by atoms with Crippen LogP contribution in [0, 0.1) is 22.7 Å². The number of nitrogens with zero attached hydrogens (tertiary/aromatic N) is 2. The topological polar surface area (TPSA) is 104 Å². The molecule has 0 spiro atoms. The maximum Gasteiger partial charge on any atom is 0.251 e. The van der Waals surface area contributed by atoms with Gasteiger partial charge in [-0.3, -0.25) is 14.5 Å². The molecule has 0 saturated carbocycles. The van der Waals surface area contributed by atoms with Crippen LogP contribution in [0.2, 0.25) is 0 Å². The summed E-state index contributed by atoms with van der Waals surface area (Å²) in [7, 11) is 3.16. The zero-order valence-corrected chi connectivity index (χ0v) is 24.9. The van der Waals surface area contributed by atoms with E-state index in [1.165, 1.54) is 5.56 Å². The third-order valence-corrected chi connectivity index (χ3v) is 8.25. The van der Waals surface area contributed by atoms with Crippen LogP contribution in [-0.4, -0.2) is 44.0 Å². The first-order valence-corrected chi connectivity index (χ1v) is 14.3. The Morgan fingerprint density at radius 3 is 2.07 bits per heavy atom. The van der Waals surface area contributed by atoms with Crippen molar-refractivity contribution in [3.05, 3.63) is 94.5 Å². The molecule has 0 radical (unpaired) electrons. The van der Waals surface area contributed by atoms with Crippen molar-refractivity contribution in [2.75, 3.05) is 27.3 Å². The van der Waals surface area contributed by atoms with E-state index in [1.54, 1.807) is 26.4 Å². The molecule has 42 heavy (non-hydrogen) atoms. The first kappa shape index (κ1) is 30.6. The number of piperidine rings is 1. The van der Waals surface area contributed by atoms with Crippen molar-refractivity contribution < 1.29 is 19.1 Å². The Kier molecular flexibility index (Phi) is 10.2. The SMILES string of the molecule is COc1ccc(CNC(=O)c2ccc(CNC(=O)C(C)(C)C3CCN(Cc4ccc(C#N)cc4)CC3)cc2)cc1OC. The first-order valence-electron chi connectivity index (χ1n) is 14.3. The monoisotopic (exact) mass is 568 g/mol. The van der Waals surface area contributed by atoms with Crippen LogP contribution in [0.1, 0.15) is 59.3 Å². The summed E-state index contributed by atoms with van der Waals surface area (Å²) in [6.07, 6.45) is 1.92. The van der Waals surface area contributed by atoms with Gasteiger partial charge < -0.3 is 20.1 Å². The molecule has 1 aliphatic heterocycles. The fourth-order valence-electron chi connectivity index (χ4n) is 5.40. The van der Waals surface area contributed by atoms with Crippen LogP contribution in [0.15, 0.2) is 66.7 Å². The summed E-state index contributed by atoms with van der Waals surface area (Å²) < 4.78 is 10.6. The van der Waals surface area contributed by atoms with Gasteiger partial charge >= 0.3 is 0 Å². The molecule has 8 nitrogen and oxygen atoms in total. The first-order chi connectivity index (χ1) is 20.2. The van der Waals surface area contributed by atoms with Crippen LogP contribution in [0.4, 0.5) is 0 Å². The number of nitriles is 1. The molecule has 1 fully saturated rings. The van der Waals surface area contributed by atoms with E-state index in [9.17, 15) is 9.59 Å². The molecule has 3 aromatic rings. The summed E-state index contributed by atoms with van der Waals surface area (Å²) in [5, 5.41) is 15.0. The molecule has 2 amide bonds. The number of methoxy groups -OCH3 is 2. The number of hydrogen-bond donors (Lipinski definition) is 2. The van der Waals surface area contributed by atoms with Crippen molar-refractivity contribution in [2.45, 2.75) is 46.3 Å². The van der Waals surface area contributed by atoms with Crippen molar-refractivity contribution in [3.8, 4) is 17.6 Å². The minimum atomic E-state index is -0.482. The van der Waals surface area contributed by atoms with Crippen LogP contribution in [0.5, 0.6) is 11.5 Å². The second-order valence-corrected chi connectivity index (χ2v) is 11.3. The zero-order valence-electron chi connectivity index (χ0n) is 24.9. The minimum Gasteiger partial charge on any atom is -0.493 e. The van der Waals surface area contributed by atoms with Crippen molar-refractivity contribution in [1.29, 1.82) is 5.26 Å². The maximum absolute atomic E-state index is 13.2. The molecule has 8 heteroatoms. The highest BCUT2D eigenvalue weighted by Crippen LogP contribution is 2.35. The molecule has 4 rings (SSSR count). The van der Waals surface area contributed by atoms with E-state index in [2.05, 4.69) is 21.6 Å². The lowest BCUT2D eigenvalue weighted by atomic mass is 9.73. The lowest BCUT2D eigenvalue weighted by Gasteiger charge is -2.39. The number of hydrogen-bond acceptors (Lipinski definition) is 6. The molecule has 1 heterocycles. The van der Waals surface area contributed by atoms with Crippen LogP contribution in [0.25, 0.3) is 0 Å². The molecule has 1 saturated heterocycles. The number of rotatable bonds is 11. The average molecular weight is 569 g/mol. The second kappa shape index (κ2) is 14.0. The van der Waals surface area contributed by atoms with Gasteiger partial charge in [0.2, 0.25) is 5.91 Å². The smallest absolute Gasteiger partial charge is 0.251 e. The van der Waals surface area contributed by atoms with Gasteiger partial charge in [0, 0.05) is 30.6 Å². The van der Waals surface area contributed by atoms with Gasteiger partial charge in [0.05, 0.1) is 25.9 Å². The predicted molar refractivity (Wildman–Crippen MR) is 162 cm³/mol. The Labute approximate surface area is 248 Å². The Morgan fingerprint density at radius 2 is 1.45 bits per heavy atom. The highest BCUT2D eigenvalue weighted by molar-refractivity contribution is 5.94. The van der Waals surface area contributed by atoms with E-state index in [-0.39, 0.29) is 11.8 Å². The molecule has 3 aromatic carbocycles. The molecule has 0 bridgehead atoms. The van der Waals surface area contributed by atoms with Gasteiger partial charge in [0.25, 0.3) is 5.91 Å². The van der Waals surface area contributed by atoms with Crippen LogP contribution in [0.3, 0.4) is 0 Å². The number of ether oxygens (including phenoxy) is 2. The van der Waals surface area contributed by atoms with E-state index in [1.807, 2.05) is 68.4 Å². The largest absolute Gasteiger partial charge is 0.493 e. The van der Waals surface area contributed by atoms with Gasteiger partial charge in [-0.1, -0.05) is 44.2 Å². The number of benzene rings is 3. The lowest BCUT2D eigenvalue weighted by molar-refractivity contribution is -0.133. The average Bonchev–Trinajstić information content (AvgIpc) is 3.03. The zero-order chi connectivity index (χ0) is 30.1. The van der Waals surface area contributed by atoms with Gasteiger partial charge in [-0.05, 0) is 84.9 Å². The Balaban J connectivity index is 1.22. The van der Waals surface area contributed by atoms with Gasteiger partial charge in [0.15, 0.2) is 11.5 Å². The second-order valence-electron chi connectivity index (χ2n) is 11.3. The van der Waals surface area contributed by atoms with Gasteiger partial charge in [-0.25, -0.2) is 0 Å². The predicted octanol–water partition coefficient (Wildman–Crippen LogP) is 5.06. The number of nitrogens with one attached hydrogen (secondary N) is 2. The van der Waals surface area contributed by atoms with Crippen LogP contribution < -0.4 is 20.1 Å². The third kappa shape index (κ3) is 7.68. The van der Waals surface area contributed by atoms with Crippen molar-refractivity contribution in [1.82, 2.24) is 15.5 Å². The summed E-state index contributed by atoms with van der Waals surface area (Å²) in [5.74, 6) is 1.42. The molecule has 0 aromatic heterocycles. The summed E-state index contributed by atoms with van der Waals surface area (Å²) in [5.41, 5.74) is 3.79. The number of carbonyl (C=O) groups is 2. The van der Waals surface area contributed by atoms with E-state index < -0.39 is 5.41 Å². The van der Waals surface area contributed by atoms with E-state index in [4.69, 9.17) is 14.7 Å². The van der Waals surface area contributed by atoms with Gasteiger partial charge in [-0.2, -0.15) is 5.26 Å². The molecule has 0 unspecified atom stereocenters. The van der Waals surface area contributed by atoms with Gasteiger partial charge in [0.1, 0.15) is 0 Å². The number of carbonyl (C=O) groups excluding carboxylic acids is 2. The summed E-state index contributed by atoms with van der Waals surface area (Å²) in [6, 6.07) is 22.8. The normalized spacial score (nSPS) is 14.1. The standard InChI is InChI=1S/C34H40N4O4/c1-34(2,29-15-17-38(18-16-29)23-26-7-5-24(20-35)6-8-26)33(40)37-21-25-9-12-28(13-10-25)32(39)36-22-27-11-14-30(41-3)31(19-27)42-4/h5-14,19,29H,15-18,21-23H2,1-4H3,(H,36,39)(H,37,40). The molecule has 1 aliphatic rings. The van der Waals surface area contributed by atoms with Crippen molar-refractivity contribution >= 4 is 11.8 Å². The number of likely N-dealkylation sites (tertiary alicyclic amines) is 1. The summed E-state index contributed by atoms with van der Waals surface area (Å²) in [6.45, 7) is 7.58. The van der Waals surface area contributed by atoms with E-state index >= 15 is 0 Å². The Hall–Kier alpha value is -4.35. The highest BCUT2D eigenvalue weighted by Gasteiger charge is 2.38. The lowest BCUT2D eigenvalue weighted by Crippen LogP contribution is -2.46. The fraction of sp³-hybridized carbons (Fsp3) is 0.382. The van der Waals surface area contributed by atoms with Gasteiger partial charge in [-0.15, -0.1) is 0 Å². The van der Waals surface area contributed by atoms with Crippen molar-refractivity contribution in [3.63, 3.8) is 0 Å². The summed E-state index contributed by atoms with van der Waals surface area (Å²) in [4.78, 5) is 28.3. The molecule has 220 valence electrons. The maximum atomic E-state index is 13.2. The van der Waals surface area contributed by atoms with Crippen molar-refractivity contribution in [2.24, 2.45) is 11.3 Å². The third-order valence-electron chi connectivity index (χ3n) is 8.25. The van der Waals surface area contributed by atoms with E-state index in [0.29, 0.717) is 41.6 Å². The quantitative estimate of drug-likeness (QED) is 0.335. The van der Waals surface area contributed by atoms with Crippen LogP contribution in [-0.2, 0) is 24.4 Å². The number of amides is 2. The molecule has 2 N–H and O–H groups in total. The Bertz CT molecular complexity index is 1400. The van der Waals surface area contributed by atoms with Crippen LogP contribution >= 0.6 is 0 Å².